The van der Waals surface area contributed by atoms with E-state index >= 15 is 0 Å². The SMILES string of the molecule is O=C(O)c1ccc(CSc2ccc(C(F)(F)F)cn2)cc1. The molecule has 1 aromatic carbocycles. The number of halogens is 3. The van der Waals surface area contributed by atoms with Gasteiger partial charge in [0, 0.05) is 11.9 Å². The zero-order valence-corrected chi connectivity index (χ0v) is 11.4. The van der Waals surface area contributed by atoms with Crippen LogP contribution in [0.2, 0.25) is 0 Å². The summed E-state index contributed by atoms with van der Waals surface area (Å²) in [6.07, 6.45) is -3.58. The van der Waals surface area contributed by atoms with Crippen LogP contribution in [-0.4, -0.2) is 16.1 Å². The molecule has 3 nitrogen and oxygen atoms in total. The normalized spacial score (nSPS) is 11.4. The standard InChI is InChI=1S/C14H10F3NO2S/c15-14(16,17)11-5-6-12(18-7-11)21-8-9-1-3-10(4-2-9)13(19)20/h1-7H,8H2,(H,19,20). The van der Waals surface area contributed by atoms with Crippen molar-refractivity contribution in [3.63, 3.8) is 0 Å². The molecule has 1 aromatic heterocycles. The molecule has 0 bridgehead atoms. The lowest BCUT2D eigenvalue weighted by molar-refractivity contribution is -0.137. The summed E-state index contributed by atoms with van der Waals surface area (Å²) in [6, 6.07) is 8.61. The molecule has 0 aliphatic heterocycles. The molecule has 0 saturated heterocycles. The van der Waals surface area contributed by atoms with Crippen molar-refractivity contribution >= 4 is 17.7 Å². The van der Waals surface area contributed by atoms with Gasteiger partial charge in [0.1, 0.15) is 0 Å². The molecule has 110 valence electrons. The van der Waals surface area contributed by atoms with Gasteiger partial charge in [-0.25, -0.2) is 9.78 Å². The molecule has 0 amide bonds. The first-order chi connectivity index (χ1) is 9.86. The first-order valence-electron chi connectivity index (χ1n) is 5.84. The van der Waals surface area contributed by atoms with E-state index in [-0.39, 0.29) is 5.56 Å². The number of aromatic carboxylic acids is 1. The lowest BCUT2D eigenvalue weighted by Crippen LogP contribution is -2.05. The molecule has 2 rings (SSSR count). The highest BCUT2D eigenvalue weighted by atomic mass is 32.2. The lowest BCUT2D eigenvalue weighted by atomic mass is 10.1. The number of carbonyl (C=O) groups is 1. The number of carboxylic acid groups (broad SMARTS) is 1. The number of alkyl halides is 3. The highest BCUT2D eigenvalue weighted by Crippen LogP contribution is 2.30. The van der Waals surface area contributed by atoms with Crippen LogP contribution < -0.4 is 0 Å². The smallest absolute Gasteiger partial charge is 0.417 e. The summed E-state index contributed by atoms with van der Waals surface area (Å²) in [5.41, 5.74) is 0.278. The molecule has 0 aliphatic carbocycles. The van der Waals surface area contributed by atoms with Crippen LogP contribution in [0.25, 0.3) is 0 Å². The molecule has 0 radical (unpaired) electrons. The predicted octanol–water partition coefficient (Wildman–Crippen LogP) is 4.09. The van der Waals surface area contributed by atoms with Crippen molar-refractivity contribution in [3.05, 3.63) is 59.3 Å². The van der Waals surface area contributed by atoms with Gasteiger partial charge in [-0.3, -0.25) is 0 Å². The monoisotopic (exact) mass is 313 g/mol. The zero-order chi connectivity index (χ0) is 15.5. The van der Waals surface area contributed by atoms with Gasteiger partial charge in [0.05, 0.1) is 16.2 Å². The Balaban J connectivity index is 1.98. The topological polar surface area (TPSA) is 50.2 Å². The maximum absolute atomic E-state index is 12.4. The van der Waals surface area contributed by atoms with Gasteiger partial charge >= 0.3 is 12.1 Å². The van der Waals surface area contributed by atoms with Crippen LogP contribution in [0.1, 0.15) is 21.5 Å². The average Bonchev–Trinajstić information content (AvgIpc) is 2.45. The summed E-state index contributed by atoms with van der Waals surface area (Å²) in [5, 5.41) is 9.25. The Morgan fingerprint density at radius 2 is 1.81 bits per heavy atom. The molecule has 0 spiro atoms. The predicted molar refractivity (Wildman–Crippen MR) is 72.2 cm³/mol. The van der Waals surface area contributed by atoms with Crippen LogP contribution in [0, 0.1) is 0 Å². The minimum atomic E-state index is -4.39. The van der Waals surface area contributed by atoms with Crippen molar-refractivity contribution in [1.29, 1.82) is 0 Å². The Morgan fingerprint density at radius 1 is 1.14 bits per heavy atom. The van der Waals surface area contributed by atoms with Crippen molar-refractivity contribution in [1.82, 2.24) is 4.98 Å². The Morgan fingerprint density at radius 3 is 2.29 bits per heavy atom. The highest BCUT2D eigenvalue weighted by Gasteiger charge is 2.30. The van der Waals surface area contributed by atoms with E-state index in [2.05, 4.69) is 4.98 Å². The van der Waals surface area contributed by atoms with Crippen molar-refractivity contribution < 1.29 is 23.1 Å². The first kappa shape index (κ1) is 15.4. The number of hydrogen-bond donors (Lipinski definition) is 1. The Kier molecular flexibility index (Phi) is 4.52. The molecule has 0 unspecified atom stereocenters. The molecule has 0 fully saturated rings. The maximum Gasteiger partial charge on any atom is 0.417 e. The van der Waals surface area contributed by atoms with Gasteiger partial charge < -0.3 is 5.11 Å². The third-order valence-electron chi connectivity index (χ3n) is 2.65. The summed E-state index contributed by atoms with van der Waals surface area (Å²) >= 11 is 1.28. The van der Waals surface area contributed by atoms with E-state index < -0.39 is 17.7 Å². The quantitative estimate of drug-likeness (QED) is 0.864. The molecule has 0 atom stereocenters. The fourth-order valence-corrected chi connectivity index (χ4v) is 2.33. The van der Waals surface area contributed by atoms with Crippen molar-refractivity contribution in [2.75, 3.05) is 0 Å². The minimum Gasteiger partial charge on any atom is -0.478 e. The molecule has 0 aliphatic rings. The number of nitrogens with zero attached hydrogens (tertiary/aromatic N) is 1. The zero-order valence-electron chi connectivity index (χ0n) is 10.6. The summed E-state index contributed by atoms with van der Waals surface area (Å²) in [4.78, 5) is 14.5. The largest absolute Gasteiger partial charge is 0.478 e. The van der Waals surface area contributed by atoms with Gasteiger partial charge in [0.2, 0.25) is 0 Å². The van der Waals surface area contributed by atoms with E-state index in [4.69, 9.17) is 5.11 Å². The van der Waals surface area contributed by atoms with E-state index in [9.17, 15) is 18.0 Å². The second-order valence-corrected chi connectivity index (χ2v) is 5.17. The summed E-state index contributed by atoms with van der Waals surface area (Å²) in [6.45, 7) is 0. The molecular formula is C14H10F3NO2S. The van der Waals surface area contributed by atoms with Gasteiger partial charge in [-0.1, -0.05) is 12.1 Å². The van der Waals surface area contributed by atoms with Crippen LogP contribution in [-0.2, 0) is 11.9 Å². The van der Waals surface area contributed by atoms with Crippen molar-refractivity contribution in [2.24, 2.45) is 0 Å². The Labute approximate surface area is 122 Å². The second-order valence-electron chi connectivity index (χ2n) is 4.17. The summed E-state index contributed by atoms with van der Waals surface area (Å²) in [7, 11) is 0. The van der Waals surface area contributed by atoms with E-state index in [1.165, 1.54) is 30.0 Å². The number of rotatable bonds is 4. The van der Waals surface area contributed by atoms with Crippen molar-refractivity contribution in [2.45, 2.75) is 17.0 Å². The number of aromatic nitrogens is 1. The van der Waals surface area contributed by atoms with Gasteiger partial charge in [0.15, 0.2) is 0 Å². The summed E-state index contributed by atoms with van der Waals surface area (Å²) < 4.78 is 37.1. The third-order valence-corrected chi connectivity index (χ3v) is 3.67. The summed E-state index contributed by atoms with van der Waals surface area (Å²) in [5.74, 6) is -0.503. The number of thioether (sulfide) groups is 1. The van der Waals surface area contributed by atoms with Gasteiger partial charge in [-0.2, -0.15) is 13.2 Å². The van der Waals surface area contributed by atoms with Gasteiger partial charge in [-0.05, 0) is 29.8 Å². The third kappa shape index (κ3) is 4.22. The van der Waals surface area contributed by atoms with Crippen LogP contribution in [0.5, 0.6) is 0 Å². The number of benzene rings is 1. The Hall–Kier alpha value is -2.02. The average molecular weight is 313 g/mol. The molecule has 1 N–H and O–H groups in total. The molecule has 2 aromatic rings. The van der Waals surface area contributed by atoms with Crippen LogP contribution in [0.4, 0.5) is 13.2 Å². The molecule has 7 heteroatoms. The fraction of sp³-hybridized carbons (Fsp3) is 0.143. The number of carboxylic acids is 1. The second kappa shape index (κ2) is 6.17. The molecular weight excluding hydrogens is 303 g/mol. The van der Waals surface area contributed by atoms with E-state index in [0.29, 0.717) is 10.8 Å². The minimum absolute atomic E-state index is 0.191. The fourth-order valence-electron chi connectivity index (χ4n) is 1.53. The number of hydrogen-bond acceptors (Lipinski definition) is 3. The van der Waals surface area contributed by atoms with E-state index in [1.807, 2.05) is 0 Å². The van der Waals surface area contributed by atoms with Gasteiger partial charge in [0.25, 0.3) is 0 Å². The maximum atomic E-state index is 12.4. The van der Waals surface area contributed by atoms with Gasteiger partial charge in [-0.15, -0.1) is 11.8 Å². The van der Waals surface area contributed by atoms with Crippen molar-refractivity contribution in [3.8, 4) is 0 Å². The first-order valence-corrected chi connectivity index (χ1v) is 6.83. The Bertz CT molecular complexity index is 624. The number of pyridine rings is 1. The molecule has 21 heavy (non-hydrogen) atoms. The van der Waals surface area contributed by atoms with Crippen LogP contribution in [0.15, 0.2) is 47.6 Å². The highest BCUT2D eigenvalue weighted by molar-refractivity contribution is 7.98. The molecule has 0 saturated carbocycles. The van der Waals surface area contributed by atoms with E-state index in [0.717, 1.165) is 17.8 Å². The lowest BCUT2D eigenvalue weighted by Gasteiger charge is -2.06. The molecule has 1 heterocycles. The van der Waals surface area contributed by atoms with Crippen LogP contribution >= 0.6 is 11.8 Å². The van der Waals surface area contributed by atoms with E-state index in [1.54, 1.807) is 12.1 Å². The van der Waals surface area contributed by atoms with Crippen LogP contribution in [0.3, 0.4) is 0 Å².